The Balaban J connectivity index is 2.13. The molecule has 0 saturated heterocycles. The molecule has 2 aromatic rings. The van der Waals surface area contributed by atoms with Gasteiger partial charge >= 0.3 is 0 Å². The number of nitrogens with two attached hydrogens (primary N) is 1. The second-order valence-corrected chi connectivity index (χ2v) is 5.98. The van der Waals surface area contributed by atoms with Crippen LogP contribution in [0.2, 0.25) is 5.02 Å². The van der Waals surface area contributed by atoms with E-state index < -0.39 is 6.04 Å². The summed E-state index contributed by atoms with van der Waals surface area (Å²) >= 11 is 6.03. The first-order chi connectivity index (χ1) is 10.9. The summed E-state index contributed by atoms with van der Waals surface area (Å²) in [5.74, 6) is 0.536. The third kappa shape index (κ3) is 4.24. The second kappa shape index (κ2) is 7.49. The van der Waals surface area contributed by atoms with E-state index in [9.17, 15) is 4.79 Å². The second-order valence-electron chi connectivity index (χ2n) is 5.54. The van der Waals surface area contributed by atoms with E-state index in [4.69, 9.17) is 22.1 Å². The predicted molar refractivity (Wildman–Crippen MR) is 92.6 cm³/mol. The van der Waals surface area contributed by atoms with Gasteiger partial charge in [0, 0.05) is 24.2 Å². The summed E-state index contributed by atoms with van der Waals surface area (Å²) in [5, 5.41) is 0.601. The van der Waals surface area contributed by atoms with E-state index in [1.807, 2.05) is 31.2 Å². The van der Waals surface area contributed by atoms with Crippen molar-refractivity contribution >= 4 is 17.5 Å². The molecule has 2 rings (SSSR count). The molecule has 5 heteroatoms. The minimum absolute atomic E-state index is 0.157. The lowest BCUT2D eigenvalue weighted by atomic mass is 10.0. The molecule has 2 aromatic carbocycles. The number of ether oxygens (including phenoxy) is 1. The van der Waals surface area contributed by atoms with E-state index in [0.29, 0.717) is 17.3 Å². The zero-order valence-corrected chi connectivity index (χ0v) is 14.3. The van der Waals surface area contributed by atoms with Crippen molar-refractivity contribution in [1.82, 2.24) is 4.90 Å². The summed E-state index contributed by atoms with van der Waals surface area (Å²) in [6.07, 6.45) is 0. The van der Waals surface area contributed by atoms with Crippen LogP contribution in [0.3, 0.4) is 0 Å². The van der Waals surface area contributed by atoms with Crippen LogP contribution in [0.1, 0.15) is 22.7 Å². The zero-order valence-electron chi connectivity index (χ0n) is 13.5. The summed E-state index contributed by atoms with van der Waals surface area (Å²) in [7, 11) is 3.31. The molecule has 0 spiro atoms. The molecule has 0 heterocycles. The Morgan fingerprint density at radius 3 is 2.52 bits per heavy atom. The van der Waals surface area contributed by atoms with Gasteiger partial charge in [-0.15, -0.1) is 0 Å². The maximum absolute atomic E-state index is 12.5. The van der Waals surface area contributed by atoms with E-state index >= 15 is 0 Å². The molecular weight excluding hydrogens is 312 g/mol. The lowest BCUT2D eigenvalue weighted by Gasteiger charge is -2.22. The van der Waals surface area contributed by atoms with Gasteiger partial charge in [-0.05, 0) is 30.7 Å². The van der Waals surface area contributed by atoms with Gasteiger partial charge in [0.2, 0.25) is 5.91 Å². The van der Waals surface area contributed by atoms with Crippen LogP contribution in [0.5, 0.6) is 5.75 Å². The van der Waals surface area contributed by atoms with Gasteiger partial charge in [-0.2, -0.15) is 0 Å². The number of nitrogens with zero attached hydrogens (tertiary/aromatic N) is 1. The van der Waals surface area contributed by atoms with Gasteiger partial charge in [-0.25, -0.2) is 0 Å². The number of likely N-dealkylation sites (N-methyl/N-ethyl adjacent to an activating group) is 1. The monoisotopic (exact) mass is 332 g/mol. The molecule has 23 heavy (non-hydrogen) atoms. The summed E-state index contributed by atoms with van der Waals surface area (Å²) in [5.41, 5.74) is 8.86. The predicted octanol–water partition coefficient (Wildman–Crippen LogP) is 3.32. The standard InChI is InChI=1S/C18H21ClN2O2/c1-12-4-6-13(7-5-12)17(20)18(22)21(2)11-14-10-15(19)8-9-16(14)23-3/h4-10,17H,11,20H2,1-3H3. The van der Waals surface area contributed by atoms with Gasteiger partial charge in [0.25, 0.3) is 0 Å². The van der Waals surface area contributed by atoms with Crippen molar-refractivity contribution in [2.45, 2.75) is 19.5 Å². The van der Waals surface area contributed by atoms with Crippen LogP contribution in [0.4, 0.5) is 0 Å². The quantitative estimate of drug-likeness (QED) is 0.913. The van der Waals surface area contributed by atoms with Crippen molar-refractivity contribution in [2.75, 3.05) is 14.2 Å². The Bertz CT molecular complexity index is 686. The summed E-state index contributed by atoms with van der Waals surface area (Å²) in [6, 6.07) is 12.3. The number of carbonyl (C=O) groups excluding carboxylic acids is 1. The van der Waals surface area contributed by atoms with Gasteiger partial charge in [-0.3, -0.25) is 4.79 Å². The molecule has 1 unspecified atom stereocenters. The molecule has 0 saturated carbocycles. The third-order valence-electron chi connectivity index (χ3n) is 3.73. The van der Waals surface area contributed by atoms with Crippen LogP contribution in [0.25, 0.3) is 0 Å². The lowest BCUT2D eigenvalue weighted by Crippen LogP contribution is -2.35. The number of hydrogen-bond acceptors (Lipinski definition) is 3. The van der Waals surface area contributed by atoms with Gasteiger partial charge in [0.05, 0.1) is 7.11 Å². The molecule has 0 aliphatic rings. The average Bonchev–Trinajstić information content (AvgIpc) is 2.54. The normalized spacial score (nSPS) is 11.9. The highest BCUT2D eigenvalue weighted by Crippen LogP contribution is 2.24. The summed E-state index contributed by atoms with van der Waals surface area (Å²) < 4.78 is 5.31. The van der Waals surface area contributed by atoms with Crippen molar-refractivity contribution in [1.29, 1.82) is 0 Å². The van der Waals surface area contributed by atoms with Gasteiger partial charge in [0.15, 0.2) is 0 Å². The van der Waals surface area contributed by atoms with Crippen molar-refractivity contribution in [3.8, 4) is 5.75 Å². The fraction of sp³-hybridized carbons (Fsp3) is 0.278. The number of amides is 1. The molecule has 4 nitrogen and oxygen atoms in total. The molecule has 1 atom stereocenters. The number of hydrogen-bond donors (Lipinski definition) is 1. The van der Waals surface area contributed by atoms with E-state index in [-0.39, 0.29) is 5.91 Å². The smallest absolute Gasteiger partial charge is 0.244 e. The molecule has 1 amide bonds. The van der Waals surface area contributed by atoms with Crippen LogP contribution >= 0.6 is 11.6 Å². The fourth-order valence-electron chi connectivity index (χ4n) is 2.36. The van der Waals surface area contributed by atoms with Crippen LogP contribution < -0.4 is 10.5 Å². The minimum Gasteiger partial charge on any atom is -0.496 e. The maximum atomic E-state index is 12.5. The number of methoxy groups -OCH3 is 1. The summed E-state index contributed by atoms with van der Waals surface area (Å²) in [4.78, 5) is 14.1. The highest BCUT2D eigenvalue weighted by molar-refractivity contribution is 6.30. The molecule has 0 fully saturated rings. The lowest BCUT2D eigenvalue weighted by molar-refractivity contribution is -0.132. The van der Waals surface area contributed by atoms with E-state index in [1.54, 1.807) is 37.3 Å². The molecule has 0 aromatic heterocycles. The van der Waals surface area contributed by atoms with E-state index in [0.717, 1.165) is 16.7 Å². The molecule has 0 aliphatic heterocycles. The molecule has 122 valence electrons. The molecule has 0 radical (unpaired) electrons. The first-order valence-corrected chi connectivity index (χ1v) is 7.69. The van der Waals surface area contributed by atoms with Gasteiger partial charge < -0.3 is 15.4 Å². The highest BCUT2D eigenvalue weighted by atomic mass is 35.5. The number of carbonyl (C=O) groups is 1. The Hall–Kier alpha value is -2.04. The Kier molecular flexibility index (Phi) is 5.64. The Morgan fingerprint density at radius 1 is 1.26 bits per heavy atom. The molecule has 0 bridgehead atoms. The number of aryl methyl sites for hydroxylation is 1. The minimum atomic E-state index is -0.689. The summed E-state index contributed by atoms with van der Waals surface area (Å²) in [6.45, 7) is 2.37. The molecule has 0 aliphatic carbocycles. The first kappa shape index (κ1) is 17.3. The third-order valence-corrected chi connectivity index (χ3v) is 3.96. The topological polar surface area (TPSA) is 55.6 Å². The maximum Gasteiger partial charge on any atom is 0.244 e. The molecule has 2 N–H and O–H groups in total. The SMILES string of the molecule is COc1ccc(Cl)cc1CN(C)C(=O)C(N)c1ccc(C)cc1. The first-order valence-electron chi connectivity index (χ1n) is 7.32. The average molecular weight is 333 g/mol. The van der Waals surface area contributed by atoms with E-state index in [1.165, 1.54) is 0 Å². The fourth-order valence-corrected chi connectivity index (χ4v) is 2.55. The van der Waals surface area contributed by atoms with E-state index in [2.05, 4.69) is 0 Å². The van der Waals surface area contributed by atoms with Crippen LogP contribution in [0.15, 0.2) is 42.5 Å². The largest absolute Gasteiger partial charge is 0.496 e. The van der Waals surface area contributed by atoms with Crippen LogP contribution in [-0.4, -0.2) is 25.0 Å². The van der Waals surface area contributed by atoms with Crippen molar-refractivity contribution in [2.24, 2.45) is 5.73 Å². The highest BCUT2D eigenvalue weighted by Gasteiger charge is 2.21. The van der Waals surface area contributed by atoms with Crippen LogP contribution in [-0.2, 0) is 11.3 Å². The number of rotatable bonds is 5. The van der Waals surface area contributed by atoms with Crippen molar-refractivity contribution < 1.29 is 9.53 Å². The Morgan fingerprint density at radius 2 is 1.91 bits per heavy atom. The Labute approximate surface area is 141 Å². The molecular formula is C18H21ClN2O2. The van der Waals surface area contributed by atoms with Gasteiger partial charge in [-0.1, -0.05) is 41.4 Å². The number of halogens is 1. The van der Waals surface area contributed by atoms with Crippen molar-refractivity contribution in [3.63, 3.8) is 0 Å². The van der Waals surface area contributed by atoms with Crippen LogP contribution in [0, 0.1) is 6.92 Å². The van der Waals surface area contributed by atoms with Gasteiger partial charge in [0.1, 0.15) is 11.8 Å². The van der Waals surface area contributed by atoms with Crippen molar-refractivity contribution in [3.05, 3.63) is 64.2 Å². The number of benzene rings is 2. The zero-order chi connectivity index (χ0) is 17.0.